The SMILES string of the molecule is CNCCCNC(=O)C(C)n1nnc(-c2ccccc2)n1. The lowest BCUT2D eigenvalue weighted by Crippen LogP contribution is -2.33. The van der Waals surface area contributed by atoms with E-state index in [0.717, 1.165) is 18.5 Å². The van der Waals surface area contributed by atoms with E-state index in [2.05, 4.69) is 26.0 Å². The Morgan fingerprint density at radius 2 is 2.05 bits per heavy atom. The van der Waals surface area contributed by atoms with Gasteiger partial charge in [0.05, 0.1) is 0 Å². The molecule has 1 atom stereocenters. The molecule has 0 aliphatic heterocycles. The molecule has 2 rings (SSSR count). The number of amides is 1. The van der Waals surface area contributed by atoms with Crippen LogP contribution in [0.3, 0.4) is 0 Å². The Morgan fingerprint density at radius 3 is 2.76 bits per heavy atom. The van der Waals surface area contributed by atoms with E-state index in [9.17, 15) is 4.79 Å². The van der Waals surface area contributed by atoms with Crippen LogP contribution in [0.1, 0.15) is 19.4 Å². The summed E-state index contributed by atoms with van der Waals surface area (Å²) in [6.45, 7) is 3.25. The first kappa shape index (κ1) is 15.1. The molecule has 1 aromatic heterocycles. The molecule has 1 unspecified atom stereocenters. The molecule has 2 aromatic rings. The second kappa shape index (κ2) is 7.49. The fourth-order valence-electron chi connectivity index (χ4n) is 1.82. The molecule has 7 nitrogen and oxygen atoms in total. The van der Waals surface area contributed by atoms with Gasteiger partial charge >= 0.3 is 0 Å². The molecule has 1 amide bonds. The minimum atomic E-state index is -0.482. The zero-order chi connectivity index (χ0) is 15.1. The van der Waals surface area contributed by atoms with Crippen molar-refractivity contribution in [1.82, 2.24) is 30.8 Å². The van der Waals surface area contributed by atoms with Gasteiger partial charge in [0.1, 0.15) is 6.04 Å². The molecule has 1 aromatic carbocycles. The number of rotatable bonds is 7. The van der Waals surface area contributed by atoms with Crippen molar-refractivity contribution in [2.45, 2.75) is 19.4 Å². The summed E-state index contributed by atoms with van der Waals surface area (Å²) in [6, 6.07) is 9.08. The van der Waals surface area contributed by atoms with E-state index in [4.69, 9.17) is 0 Å². The number of benzene rings is 1. The van der Waals surface area contributed by atoms with Crippen molar-refractivity contribution in [3.05, 3.63) is 30.3 Å². The second-order valence-corrected chi connectivity index (χ2v) is 4.72. The number of hydrogen-bond donors (Lipinski definition) is 2. The smallest absolute Gasteiger partial charge is 0.246 e. The number of aromatic nitrogens is 4. The van der Waals surface area contributed by atoms with Crippen LogP contribution in [0.4, 0.5) is 0 Å². The molecular formula is C14H20N6O. The Morgan fingerprint density at radius 1 is 1.29 bits per heavy atom. The average Bonchev–Trinajstić information content (AvgIpc) is 3.01. The first-order valence-electron chi connectivity index (χ1n) is 6.99. The maximum absolute atomic E-state index is 12.0. The van der Waals surface area contributed by atoms with Crippen LogP contribution >= 0.6 is 0 Å². The Hall–Kier alpha value is -2.28. The summed E-state index contributed by atoms with van der Waals surface area (Å²) in [4.78, 5) is 13.3. The molecule has 0 radical (unpaired) electrons. The van der Waals surface area contributed by atoms with E-state index >= 15 is 0 Å². The van der Waals surface area contributed by atoms with Gasteiger partial charge < -0.3 is 10.6 Å². The Balaban J connectivity index is 1.95. The normalized spacial score (nSPS) is 12.1. The van der Waals surface area contributed by atoms with Crippen molar-refractivity contribution >= 4 is 5.91 Å². The van der Waals surface area contributed by atoms with Crippen LogP contribution in [0.2, 0.25) is 0 Å². The number of nitrogens with one attached hydrogen (secondary N) is 2. The van der Waals surface area contributed by atoms with E-state index < -0.39 is 6.04 Å². The molecule has 0 fully saturated rings. The topological polar surface area (TPSA) is 84.7 Å². The van der Waals surface area contributed by atoms with Gasteiger partial charge in [0.15, 0.2) is 0 Å². The third-order valence-corrected chi connectivity index (χ3v) is 3.09. The molecule has 0 aliphatic carbocycles. The zero-order valence-corrected chi connectivity index (χ0v) is 12.3. The quantitative estimate of drug-likeness (QED) is 0.730. The van der Waals surface area contributed by atoms with Gasteiger partial charge in [0, 0.05) is 12.1 Å². The van der Waals surface area contributed by atoms with Crippen molar-refractivity contribution in [2.75, 3.05) is 20.1 Å². The van der Waals surface area contributed by atoms with Gasteiger partial charge in [0.25, 0.3) is 0 Å². The molecule has 0 saturated heterocycles. The molecule has 1 heterocycles. The minimum Gasteiger partial charge on any atom is -0.354 e. The Bertz CT molecular complexity index is 568. The molecule has 0 aliphatic rings. The van der Waals surface area contributed by atoms with E-state index in [0.29, 0.717) is 12.4 Å². The Labute approximate surface area is 123 Å². The van der Waals surface area contributed by atoms with Crippen LogP contribution in [-0.4, -0.2) is 46.3 Å². The molecule has 112 valence electrons. The highest BCUT2D eigenvalue weighted by molar-refractivity contribution is 5.79. The minimum absolute atomic E-state index is 0.108. The molecular weight excluding hydrogens is 268 g/mol. The summed E-state index contributed by atoms with van der Waals surface area (Å²) in [7, 11) is 1.88. The maximum atomic E-state index is 12.0. The number of carbonyl (C=O) groups excluding carboxylic acids is 1. The van der Waals surface area contributed by atoms with Gasteiger partial charge in [-0.15, -0.1) is 10.2 Å². The first-order valence-corrected chi connectivity index (χ1v) is 6.99. The number of tetrazole rings is 1. The van der Waals surface area contributed by atoms with Crippen molar-refractivity contribution in [1.29, 1.82) is 0 Å². The number of hydrogen-bond acceptors (Lipinski definition) is 5. The molecule has 0 spiro atoms. The van der Waals surface area contributed by atoms with Gasteiger partial charge in [-0.2, -0.15) is 4.80 Å². The summed E-state index contributed by atoms with van der Waals surface area (Å²) in [6.07, 6.45) is 0.884. The second-order valence-electron chi connectivity index (χ2n) is 4.72. The summed E-state index contributed by atoms with van der Waals surface area (Å²) >= 11 is 0. The van der Waals surface area contributed by atoms with Crippen LogP contribution in [0.15, 0.2) is 30.3 Å². The molecule has 2 N–H and O–H groups in total. The van der Waals surface area contributed by atoms with Crippen LogP contribution in [-0.2, 0) is 4.79 Å². The summed E-state index contributed by atoms with van der Waals surface area (Å²) in [5.41, 5.74) is 0.880. The number of carbonyl (C=O) groups is 1. The molecule has 0 saturated carbocycles. The van der Waals surface area contributed by atoms with Crippen LogP contribution in [0, 0.1) is 0 Å². The van der Waals surface area contributed by atoms with Crippen molar-refractivity contribution < 1.29 is 4.79 Å². The third-order valence-electron chi connectivity index (χ3n) is 3.09. The largest absolute Gasteiger partial charge is 0.354 e. The van der Waals surface area contributed by atoms with Crippen LogP contribution in [0.25, 0.3) is 11.4 Å². The average molecular weight is 288 g/mol. The standard InChI is InChI=1S/C14H20N6O/c1-11(14(21)16-10-6-9-15-2)20-18-13(17-19-20)12-7-4-3-5-8-12/h3-5,7-8,11,15H,6,9-10H2,1-2H3,(H,16,21). The monoisotopic (exact) mass is 288 g/mol. The highest BCUT2D eigenvalue weighted by Crippen LogP contribution is 2.13. The van der Waals surface area contributed by atoms with E-state index in [1.807, 2.05) is 37.4 Å². The number of nitrogens with zero attached hydrogens (tertiary/aromatic N) is 4. The fraction of sp³-hybridized carbons (Fsp3) is 0.429. The van der Waals surface area contributed by atoms with Crippen molar-refractivity contribution in [3.8, 4) is 11.4 Å². The van der Waals surface area contributed by atoms with Crippen LogP contribution < -0.4 is 10.6 Å². The maximum Gasteiger partial charge on any atom is 0.246 e. The third kappa shape index (κ3) is 4.09. The highest BCUT2D eigenvalue weighted by Gasteiger charge is 2.18. The van der Waals surface area contributed by atoms with E-state index in [-0.39, 0.29) is 5.91 Å². The molecule has 7 heteroatoms. The highest BCUT2D eigenvalue weighted by atomic mass is 16.2. The predicted octanol–water partition coefficient (Wildman–Crippen LogP) is 0.627. The van der Waals surface area contributed by atoms with Crippen LogP contribution in [0.5, 0.6) is 0 Å². The zero-order valence-electron chi connectivity index (χ0n) is 12.3. The predicted molar refractivity (Wildman–Crippen MR) is 79.5 cm³/mol. The van der Waals surface area contributed by atoms with E-state index in [1.54, 1.807) is 6.92 Å². The molecule has 0 bridgehead atoms. The molecule has 21 heavy (non-hydrogen) atoms. The van der Waals surface area contributed by atoms with E-state index in [1.165, 1.54) is 4.80 Å². The lowest BCUT2D eigenvalue weighted by atomic mass is 10.2. The van der Waals surface area contributed by atoms with Gasteiger partial charge in [-0.1, -0.05) is 30.3 Å². The fourth-order valence-corrected chi connectivity index (χ4v) is 1.82. The van der Waals surface area contributed by atoms with Gasteiger partial charge in [-0.3, -0.25) is 4.79 Å². The summed E-state index contributed by atoms with van der Waals surface area (Å²) < 4.78 is 0. The van der Waals surface area contributed by atoms with Crippen molar-refractivity contribution in [3.63, 3.8) is 0 Å². The van der Waals surface area contributed by atoms with Gasteiger partial charge in [-0.25, -0.2) is 0 Å². The Kier molecular flexibility index (Phi) is 5.39. The lowest BCUT2D eigenvalue weighted by Gasteiger charge is -2.10. The summed E-state index contributed by atoms with van der Waals surface area (Å²) in [5, 5.41) is 18.1. The first-order chi connectivity index (χ1) is 10.2. The van der Waals surface area contributed by atoms with Gasteiger partial charge in [0.2, 0.25) is 11.7 Å². The van der Waals surface area contributed by atoms with Gasteiger partial charge in [-0.05, 0) is 32.2 Å². The summed E-state index contributed by atoms with van der Waals surface area (Å²) in [5.74, 6) is 0.411. The lowest BCUT2D eigenvalue weighted by molar-refractivity contribution is -0.124. The van der Waals surface area contributed by atoms with Crippen molar-refractivity contribution in [2.24, 2.45) is 0 Å².